The molecule has 0 bridgehead atoms. The summed E-state index contributed by atoms with van der Waals surface area (Å²) >= 11 is 0. The third-order valence-corrected chi connectivity index (χ3v) is 5.01. The maximum Gasteiger partial charge on any atom is 0.134 e. The van der Waals surface area contributed by atoms with E-state index in [-0.39, 0.29) is 22.3 Å². The van der Waals surface area contributed by atoms with E-state index in [1.807, 2.05) is 0 Å². The molecule has 2 saturated heterocycles. The second-order valence-electron chi connectivity index (χ2n) is 6.76. The summed E-state index contributed by atoms with van der Waals surface area (Å²) in [6, 6.07) is 0. The minimum atomic E-state index is -0.179. The van der Waals surface area contributed by atoms with Crippen LogP contribution in [0.3, 0.4) is 0 Å². The van der Waals surface area contributed by atoms with Crippen molar-refractivity contribution in [1.29, 1.82) is 0 Å². The molecule has 0 aromatic carbocycles. The number of hydrogen-bond acceptors (Lipinski definition) is 3. The van der Waals surface area contributed by atoms with Crippen LogP contribution in [-0.4, -0.2) is 33.0 Å². The average molecular weight is 224 g/mol. The Bertz CT molecular complexity index is 354. The van der Waals surface area contributed by atoms with Crippen molar-refractivity contribution in [3.05, 3.63) is 0 Å². The fourth-order valence-electron chi connectivity index (χ4n) is 2.38. The van der Waals surface area contributed by atoms with E-state index < -0.39 is 0 Å². The number of hydrogen-bond donors (Lipinski definition) is 0. The number of ether oxygens (including phenoxy) is 1. The van der Waals surface area contributed by atoms with Crippen molar-refractivity contribution in [3.8, 4) is 0 Å². The first kappa shape index (κ1) is 11.9. The minimum Gasteiger partial charge on any atom is -0.357 e. The molecule has 2 heterocycles. The molecule has 0 N–H and O–H groups in total. The molecule has 3 heteroatoms. The highest BCUT2D eigenvalue weighted by Crippen LogP contribution is 2.53. The molecule has 0 aromatic rings. The van der Waals surface area contributed by atoms with Crippen LogP contribution in [0.4, 0.5) is 0 Å². The van der Waals surface area contributed by atoms with Crippen molar-refractivity contribution in [2.45, 2.75) is 77.7 Å². The highest BCUT2D eigenvalue weighted by Gasteiger charge is 2.66. The highest BCUT2D eigenvalue weighted by molar-refractivity contribution is 5.94. The van der Waals surface area contributed by atoms with Crippen LogP contribution in [0.25, 0.3) is 0 Å². The predicted octanol–water partition coefficient (Wildman–Crippen LogP) is 2.80. The highest BCUT2D eigenvalue weighted by atomic mass is 16.6. The fourth-order valence-corrected chi connectivity index (χ4v) is 2.38. The van der Waals surface area contributed by atoms with Crippen LogP contribution < -0.4 is 0 Å². The van der Waals surface area contributed by atoms with E-state index in [4.69, 9.17) is 9.84 Å². The third-order valence-electron chi connectivity index (χ3n) is 5.01. The van der Waals surface area contributed by atoms with Crippen LogP contribution in [0.2, 0.25) is 0 Å². The van der Waals surface area contributed by atoms with Crippen molar-refractivity contribution in [1.82, 2.24) is 5.01 Å². The minimum absolute atomic E-state index is 0.0646. The van der Waals surface area contributed by atoms with Crippen molar-refractivity contribution in [2.75, 3.05) is 0 Å². The lowest BCUT2D eigenvalue weighted by Gasteiger charge is -2.10. The zero-order valence-corrected chi connectivity index (χ0v) is 11.8. The van der Waals surface area contributed by atoms with Gasteiger partial charge in [-0.05, 0) is 55.4 Å². The largest absolute Gasteiger partial charge is 0.357 e. The maximum absolute atomic E-state index is 5.76. The van der Waals surface area contributed by atoms with Crippen LogP contribution in [0, 0.1) is 0 Å². The molecule has 2 rings (SSSR count). The smallest absolute Gasteiger partial charge is 0.134 e. The van der Waals surface area contributed by atoms with E-state index >= 15 is 0 Å². The Kier molecular flexibility index (Phi) is 1.96. The molecule has 0 spiro atoms. The maximum atomic E-state index is 5.76. The van der Waals surface area contributed by atoms with Crippen LogP contribution >= 0.6 is 0 Å². The van der Waals surface area contributed by atoms with Crippen molar-refractivity contribution < 1.29 is 4.74 Å². The SMILES string of the molecule is C/C(=N\N1C(C)(C)C1(C)C)C1(C)OC1(C)C. The summed E-state index contributed by atoms with van der Waals surface area (Å²) in [5.74, 6) is 0. The van der Waals surface area contributed by atoms with Gasteiger partial charge in [0, 0.05) is 0 Å². The molecule has 1 atom stereocenters. The standard InChI is InChI=1S/C13H24N2O/c1-9(13(8)12(6,7)16-13)14-15-10(2,3)11(15,4)5/h1-8H3/b14-9+. The molecule has 0 amide bonds. The van der Waals surface area contributed by atoms with Crippen LogP contribution in [-0.2, 0) is 4.74 Å². The summed E-state index contributed by atoms with van der Waals surface area (Å²) in [5, 5.41) is 6.93. The fraction of sp³-hybridized carbons (Fsp3) is 0.923. The number of hydrazone groups is 1. The zero-order valence-electron chi connectivity index (χ0n) is 11.8. The van der Waals surface area contributed by atoms with Crippen molar-refractivity contribution >= 4 is 5.71 Å². The molecule has 0 saturated carbocycles. The van der Waals surface area contributed by atoms with Gasteiger partial charge in [-0.3, -0.25) is 5.01 Å². The molecule has 3 nitrogen and oxygen atoms in total. The van der Waals surface area contributed by atoms with E-state index in [0.29, 0.717) is 0 Å². The molecule has 1 unspecified atom stereocenters. The van der Waals surface area contributed by atoms with Gasteiger partial charge in [0.1, 0.15) is 5.60 Å². The Balaban J connectivity index is 2.18. The quantitative estimate of drug-likeness (QED) is 0.533. The average Bonchev–Trinajstić information content (AvgIpc) is 2.74. The molecular formula is C13H24N2O. The molecule has 0 radical (unpaired) electrons. The second-order valence-corrected chi connectivity index (χ2v) is 6.76. The van der Waals surface area contributed by atoms with Crippen molar-refractivity contribution in [2.24, 2.45) is 5.10 Å². The molecule has 0 aliphatic carbocycles. The van der Waals surface area contributed by atoms with Crippen LogP contribution in [0.5, 0.6) is 0 Å². The van der Waals surface area contributed by atoms with E-state index in [0.717, 1.165) is 5.71 Å². The van der Waals surface area contributed by atoms with E-state index in [9.17, 15) is 0 Å². The first-order valence-electron chi connectivity index (χ1n) is 6.03. The summed E-state index contributed by atoms with van der Waals surface area (Å²) in [4.78, 5) is 0. The molecule has 2 aliphatic rings. The summed E-state index contributed by atoms with van der Waals surface area (Å²) in [5.41, 5.74) is 1.15. The van der Waals surface area contributed by atoms with Gasteiger partial charge in [0.2, 0.25) is 0 Å². The molecule has 2 aliphatic heterocycles. The number of rotatable bonds is 2. The summed E-state index contributed by atoms with van der Waals surface area (Å²) in [6.07, 6.45) is 0. The van der Waals surface area contributed by atoms with Gasteiger partial charge in [0.15, 0.2) is 0 Å². The summed E-state index contributed by atoms with van der Waals surface area (Å²) in [7, 11) is 0. The van der Waals surface area contributed by atoms with Gasteiger partial charge in [-0.1, -0.05) is 0 Å². The molecule has 92 valence electrons. The van der Waals surface area contributed by atoms with Gasteiger partial charge >= 0.3 is 0 Å². The molecule has 2 fully saturated rings. The van der Waals surface area contributed by atoms with Gasteiger partial charge < -0.3 is 4.74 Å². The van der Waals surface area contributed by atoms with Crippen molar-refractivity contribution in [3.63, 3.8) is 0 Å². The number of nitrogens with zero attached hydrogens (tertiary/aromatic N) is 2. The van der Waals surface area contributed by atoms with Gasteiger partial charge in [-0.25, -0.2) is 0 Å². The lowest BCUT2D eigenvalue weighted by molar-refractivity contribution is 0.312. The molecular weight excluding hydrogens is 200 g/mol. The number of epoxide rings is 1. The third kappa shape index (κ3) is 1.21. The normalized spacial score (nSPS) is 38.5. The Hall–Kier alpha value is -0.570. The van der Waals surface area contributed by atoms with E-state index in [2.05, 4.69) is 60.4 Å². The molecule has 16 heavy (non-hydrogen) atoms. The first-order valence-corrected chi connectivity index (χ1v) is 6.03. The summed E-state index contributed by atoms with van der Waals surface area (Å²) in [6.45, 7) is 17.3. The summed E-state index contributed by atoms with van der Waals surface area (Å²) < 4.78 is 5.76. The monoisotopic (exact) mass is 224 g/mol. The lowest BCUT2D eigenvalue weighted by Crippen LogP contribution is -2.26. The van der Waals surface area contributed by atoms with E-state index in [1.165, 1.54) is 0 Å². The van der Waals surface area contributed by atoms with Gasteiger partial charge in [-0.15, -0.1) is 0 Å². The van der Waals surface area contributed by atoms with Crippen LogP contribution in [0.15, 0.2) is 5.10 Å². The lowest BCUT2D eigenvalue weighted by atomic mass is 9.94. The second kappa shape index (κ2) is 2.63. The topological polar surface area (TPSA) is 27.9 Å². The Labute approximate surface area is 98.8 Å². The Morgan fingerprint density at radius 2 is 1.31 bits per heavy atom. The Morgan fingerprint density at radius 1 is 0.938 bits per heavy atom. The van der Waals surface area contributed by atoms with Gasteiger partial charge in [-0.2, -0.15) is 5.10 Å². The zero-order chi connectivity index (χ0) is 12.6. The van der Waals surface area contributed by atoms with Gasteiger partial charge in [0.25, 0.3) is 0 Å². The van der Waals surface area contributed by atoms with Gasteiger partial charge in [0.05, 0.1) is 22.4 Å². The van der Waals surface area contributed by atoms with E-state index in [1.54, 1.807) is 0 Å². The first-order chi connectivity index (χ1) is 6.97. The predicted molar refractivity (Wildman–Crippen MR) is 66.7 cm³/mol. The van der Waals surface area contributed by atoms with Crippen LogP contribution in [0.1, 0.15) is 55.4 Å². The molecule has 0 aromatic heterocycles. The Morgan fingerprint density at radius 3 is 1.56 bits per heavy atom.